The highest BCUT2D eigenvalue weighted by atomic mass is 16.1. The Labute approximate surface area is 134 Å². The molecule has 0 spiro atoms. The summed E-state index contributed by atoms with van der Waals surface area (Å²) in [5.41, 5.74) is 3.02. The summed E-state index contributed by atoms with van der Waals surface area (Å²) in [6.45, 7) is 2.56. The fourth-order valence-corrected chi connectivity index (χ4v) is 2.27. The van der Waals surface area contributed by atoms with Gasteiger partial charge in [-0.15, -0.1) is 10.2 Å². The molecule has 0 bridgehead atoms. The Morgan fingerprint density at radius 1 is 1.17 bits per heavy atom. The highest BCUT2D eigenvalue weighted by Crippen LogP contribution is 2.05. The van der Waals surface area contributed by atoms with Crippen LogP contribution in [0.3, 0.4) is 0 Å². The minimum Gasteiger partial charge on any atom is -0.352 e. The van der Waals surface area contributed by atoms with Gasteiger partial charge in [0.15, 0.2) is 5.65 Å². The van der Waals surface area contributed by atoms with Gasteiger partial charge in [0.1, 0.15) is 5.82 Å². The van der Waals surface area contributed by atoms with Crippen LogP contribution < -0.4 is 5.32 Å². The number of hydrogen-bond acceptors (Lipinski definition) is 3. The predicted molar refractivity (Wildman–Crippen MR) is 89.9 cm³/mol. The number of amides is 1. The molecular weight excluding hydrogens is 288 g/mol. The lowest BCUT2D eigenvalue weighted by Crippen LogP contribution is -2.24. The van der Waals surface area contributed by atoms with Crippen molar-refractivity contribution in [3.63, 3.8) is 0 Å². The maximum absolute atomic E-state index is 11.8. The average Bonchev–Trinajstić information content (AvgIpc) is 2.98. The lowest BCUT2D eigenvalue weighted by Gasteiger charge is -2.01. The van der Waals surface area contributed by atoms with Crippen LogP contribution in [0, 0.1) is 6.92 Å². The summed E-state index contributed by atoms with van der Waals surface area (Å²) < 4.78 is 1.92. The van der Waals surface area contributed by atoms with Gasteiger partial charge in [-0.05, 0) is 30.7 Å². The van der Waals surface area contributed by atoms with E-state index in [1.54, 1.807) is 12.2 Å². The minimum atomic E-state index is -0.112. The van der Waals surface area contributed by atoms with Gasteiger partial charge in [0, 0.05) is 25.2 Å². The molecule has 0 unspecified atom stereocenters. The summed E-state index contributed by atoms with van der Waals surface area (Å²) in [5.74, 6) is 0.725. The quantitative estimate of drug-likeness (QED) is 0.736. The first-order valence-corrected chi connectivity index (χ1v) is 7.53. The molecule has 5 heteroatoms. The third-order valence-corrected chi connectivity index (χ3v) is 3.54. The maximum atomic E-state index is 11.8. The average molecular weight is 306 g/mol. The zero-order valence-corrected chi connectivity index (χ0v) is 12.9. The van der Waals surface area contributed by atoms with E-state index in [1.807, 2.05) is 60.0 Å². The number of hydrogen-bond donors (Lipinski definition) is 1. The topological polar surface area (TPSA) is 59.3 Å². The normalized spacial score (nSPS) is 11.2. The first-order valence-electron chi connectivity index (χ1n) is 7.53. The summed E-state index contributed by atoms with van der Waals surface area (Å²) in [5, 5.41) is 11.1. The van der Waals surface area contributed by atoms with E-state index in [4.69, 9.17) is 0 Å². The Kier molecular flexibility index (Phi) is 4.47. The standard InChI is InChI=1S/C18H18N4O/c1-14-5-7-15(8-6-14)9-10-18(23)19-12-11-17-21-20-16-4-2-3-13-22(16)17/h2-10,13H,11-12H2,1H3,(H,19,23)/b10-9+. The molecule has 0 radical (unpaired) electrons. The fourth-order valence-electron chi connectivity index (χ4n) is 2.27. The highest BCUT2D eigenvalue weighted by Gasteiger charge is 2.04. The molecule has 0 saturated heterocycles. The van der Waals surface area contributed by atoms with Gasteiger partial charge in [-0.1, -0.05) is 35.9 Å². The van der Waals surface area contributed by atoms with Crippen LogP contribution >= 0.6 is 0 Å². The van der Waals surface area contributed by atoms with Gasteiger partial charge in [-0.25, -0.2) is 0 Å². The third kappa shape index (κ3) is 3.83. The Morgan fingerprint density at radius 3 is 2.83 bits per heavy atom. The molecule has 2 aromatic heterocycles. The number of benzene rings is 1. The Hall–Kier alpha value is -2.95. The number of aryl methyl sites for hydroxylation is 1. The Morgan fingerprint density at radius 2 is 2.00 bits per heavy atom. The van der Waals surface area contributed by atoms with Crippen molar-refractivity contribution in [1.82, 2.24) is 19.9 Å². The van der Waals surface area contributed by atoms with E-state index in [-0.39, 0.29) is 5.91 Å². The van der Waals surface area contributed by atoms with Crippen molar-refractivity contribution in [2.24, 2.45) is 0 Å². The number of fused-ring (bicyclic) bond motifs is 1. The Balaban J connectivity index is 1.52. The molecule has 1 N–H and O–H groups in total. The van der Waals surface area contributed by atoms with Crippen molar-refractivity contribution in [3.05, 3.63) is 71.7 Å². The van der Waals surface area contributed by atoms with Crippen LogP contribution in [0.15, 0.2) is 54.7 Å². The molecule has 0 aliphatic carbocycles. The van der Waals surface area contributed by atoms with Gasteiger partial charge < -0.3 is 5.32 Å². The molecule has 1 amide bonds. The molecule has 3 aromatic rings. The number of carbonyl (C=O) groups excluding carboxylic acids is 1. The van der Waals surface area contributed by atoms with Crippen LogP contribution in [-0.2, 0) is 11.2 Å². The van der Waals surface area contributed by atoms with Gasteiger partial charge in [-0.2, -0.15) is 0 Å². The van der Waals surface area contributed by atoms with Crippen LogP contribution in [0.25, 0.3) is 11.7 Å². The molecular formula is C18H18N4O. The molecule has 2 heterocycles. The van der Waals surface area contributed by atoms with Crippen LogP contribution in [-0.4, -0.2) is 27.0 Å². The van der Waals surface area contributed by atoms with Crippen molar-refractivity contribution >= 4 is 17.6 Å². The van der Waals surface area contributed by atoms with Crippen LogP contribution in [0.4, 0.5) is 0 Å². The van der Waals surface area contributed by atoms with E-state index < -0.39 is 0 Å². The van der Waals surface area contributed by atoms with E-state index >= 15 is 0 Å². The first kappa shape index (κ1) is 15.0. The number of carbonyl (C=O) groups is 1. The zero-order chi connectivity index (χ0) is 16.1. The zero-order valence-electron chi connectivity index (χ0n) is 12.9. The number of rotatable bonds is 5. The third-order valence-electron chi connectivity index (χ3n) is 3.54. The van der Waals surface area contributed by atoms with Crippen LogP contribution in [0.1, 0.15) is 17.0 Å². The molecule has 0 aliphatic heterocycles. The molecule has 0 saturated carbocycles. The van der Waals surface area contributed by atoms with E-state index in [0.29, 0.717) is 13.0 Å². The second-order valence-electron chi connectivity index (χ2n) is 5.33. The summed E-state index contributed by atoms with van der Waals surface area (Å²) >= 11 is 0. The summed E-state index contributed by atoms with van der Waals surface area (Å²) in [4.78, 5) is 11.8. The smallest absolute Gasteiger partial charge is 0.244 e. The molecule has 3 rings (SSSR count). The second kappa shape index (κ2) is 6.87. The molecule has 116 valence electrons. The predicted octanol–water partition coefficient (Wildman–Crippen LogP) is 2.41. The lowest BCUT2D eigenvalue weighted by molar-refractivity contribution is -0.116. The van der Waals surface area contributed by atoms with Crippen LogP contribution in [0.2, 0.25) is 0 Å². The lowest BCUT2D eigenvalue weighted by atomic mass is 10.1. The highest BCUT2D eigenvalue weighted by molar-refractivity contribution is 5.91. The van der Waals surface area contributed by atoms with E-state index in [9.17, 15) is 4.79 Å². The largest absolute Gasteiger partial charge is 0.352 e. The van der Waals surface area contributed by atoms with Crippen molar-refractivity contribution in [3.8, 4) is 0 Å². The minimum absolute atomic E-state index is 0.112. The van der Waals surface area contributed by atoms with Gasteiger partial charge in [0.05, 0.1) is 0 Å². The van der Waals surface area contributed by atoms with Crippen molar-refractivity contribution in [2.45, 2.75) is 13.3 Å². The van der Waals surface area contributed by atoms with Gasteiger partial charge in [0.2, 0.25) is 5.91 Å². The van der Waals surface area contributed by atoms with Crippen molar-refractivity contribution in [1.29, 1.82) is 0 Å². The SMILES string of the molecule is Cc1ccc(/C=C/C(=O)NCCc2nnc3ccccn23)cc1. The summed E-state index contributed by atoms with van der Waals surface area (Å²) in [7, 11) is 0. The van der Waals surface area contributed by atoms with E-state index in [2.05, 4.69) is 15.5 Å². The molecule has 0 atom stereocenters. The number of nitrogens with one attached hydrogen (secondary N) is 1. The van der Waals surface area contributed by atoms with Crippen molar-refractivity contribution < 1.29 is 4.79 Å². The molecule has 23 heavy (non-hydrogen) atoms. The van der Waals surface area contributed by atoms with Gasteiger partial charge in [0.25, 0.3) is 0 Å². The molecule has 0 fully saturated rings. The first-order chi connectivity index (χ1) is 11.2. The number of nitrogens with zero attached hydrogens (tertiary/aromatic N) is 3. The number of pyridine rings is 1. The summed E-state index contributed by atoms with van der Waals surface area (Å²) in [6.07, 6.45) is 5.91. The number of aromatic nitrogens is 3. The van der Waals surface area contributed by atoms with Gasteiger partial charge >= 0.3 is 0 Å². The second-order valence-corrected chi connectivity index (χ2v) is 5.33. The monoisotopic (exact) mass is 306 g/mol. The van der Waals surface area contributed by atoms with Gasteiger partial charge in [-0.3, -0.25) is 9.20 Å². The molecule has 0 aliphatic rings. The van der Waals surface area contributed by atoms with Crippen LogP contribution in [0.5, 0.6) is 0 Å². The Bertz CT molecular complexity index is 834. The summed E-state index contributed by atoms with van der Waals surface area (Å²) in [6, 6.07) is 13.8. The molecule has 5 nitrogen and oxygen atoms in total. The maximum Gasteiger partial charge on any atom is 0.244 e. The molecule has 1 aromatic carbocycles. The van der Waals surface area contributed by atoms with E-state index in [0.717, 1.165) is 17.0 Å². The van der Waals surface area contributed by atoms with E-state index in [1.165, 1.54) is 5.56 Å². The fraction of sp³-hybridized carbons (Fsp3) is 0.167. The van der Waals surface area contributed by atoms with Crippen molar-refractivity contribution in [2.75, 3.05) is 6.54 Å².